The van der Waals surface area contributed by atoms with E-state index in [1.165, 1.54) is 12.1 Å². The maximum Gasteiger partial charge on any atom is 0.253 e. The molecule has 0 atom stereocenters. The number of carbonyl (C=O) groups excluding carboxylic acids is 1. The number of amides is 1. The van der Waals surface area contributed by atoms with Crippen molar-refractivity contribution in [1.29, 1.82) is 5.26 Å². The minimum atomic E-state index is -3.68. The topological polar surface area (TPSA) is 96.8 Å². The molecule has 1 aromatic rings. The van der Waals surface area contributed by atoms with Crippen LogP contribution < -0.4 is 4.72 Å². The van der Waals surface area contributed by atoms with E-state index in [-0.39, 0.29) is 23.8 Å². The average Bonchev–Trinajstić information content (AvgIpc) is 2.66. The van der Waals surface area contributed by atoms with Crippen LogP contribution in [-0.2, 0) is 10.0 Å². The van der Waals surface area contributed by atoms with Crippen LogP contribution in [0, 0.1) is 11.3 Å². The van der Waals surface area contributed by atoms with Crippen LogP contribution in [0.2, 0.25) is 0 Å². The first kappa shape index (κ1) is 25.0. The molecule has 0 aromatic heterocycles. The van der Waals surface area contributed by atoms with Crippen LogP contribution in [0.4, 0.5) is 0 Å². The number of hydrogen-bond acceptors (Lipinski definition) is 6. The molecule has 0 bridgehead atoms. The summed E-state index contributed by atoms with van der Waals surface area (Å²) in [4.78, 5) is 19.1. The summed E-state index contributed by atoms with van der Waals surface area (Å²) in [6, 6.07) is 7.85. The highest BCUT2D eigenvalue weighted by molar-refractivity contribution is 7.89. The molecule has 0 unspecified atom stereocenters. The molecule has 8 nitrogen and oxygen atoms in total. The van der Waals surface area contributed by atoms with Gasteiger partial charge in [-0.2, -0.15) is 5.26 Å². The quantitative estimate of drug-likeness (QED) is 0.479. The summed E-state index contributed by atoms with van der Waals surface area (Å²) in [6.45, 7) is 3.15. The highest BCUT2D eigenvalue weighted by Gasteiger charge is 2.18. The summed E-state index contributed by atoms with van der Waals surface area (Å²) in [5.74, 6) is -0.0936. The van der Waals surface area contributed by atoms with Crippen LogP contribution in [0.15, 0.2) is 29.2 Å². The zero-order valence-corrected chi connectivity index (χ0v) is 18.7. The molecule has 1 amide bonds. The molecule has 0 aliphatic rings. The van der Waals surface area contributed by atoms with E-state index in [1.807, 2.05) is 39.2 Å². The van der Waals surface area contributed by atoms with Gasteiger partial charge in [0.15, 0.2) is 0 Å². The summed E-state index contributed by atoms with van der Waals surface area (Å²) >= 11 is 0. The van der Waals surface area contributed by atoms with E-state index >= 15 is 0 Å². The predicted molar refractivity (Wildman–Crippen MR) is 114 cm³/mol. The van der Waals surface area contributed by atoms with Gasteiger partial charge in [0.25, 0.3) is 5.91 Å². The molecule has 1 rings (SSSR count). The van der Waals surface area contributed by atoms with E-state index in [1.54, 1.807) is 12.1 Å². The maximum absolute atomic E-state index is 13.0. The number of nitrogens with one attached hydrogen (secondary N) is 1. The second-order valence-corrected chi connectivity index (χ2v) is 9.20. The summed E-state index contributed by atoms with van der Waals surface area (Å²) in [7, 11) is 4.33. The monoisotopic (exact) mass is 423 g/mol. The molecule has 1 aromatic carbocycles. The minimum absolute atomic E-state index is 0.0606. The van der Waals surface area contributed by atoms with Gasteiger partial charge in [0.2, 0.25) is 10.0 Å². The number of rotatable bonds is 13. The Morgan fingerprint density at radius 3 is 1.93 bits per heavy atom. The van der Waals surface area contributed by atoms with Crippen molar-refractivity contribution < 1.29 is 13.2 Å². The summed E-state index contributed by atoms with van der Waals surface area (Å²) in [5, 5.41) is 8.53. The van der Waals surface area contributed by atoms with Crippen molar-refractivity contribution in [2.45, 2.75) is 24.2 Å². The Morgan fingerprint density at radius 1 is 0.966 bits per heavy atom. The van der Waals surface area contributed by atoms with Gasteiger partial charge in [0.05, 0.1) is 11.0 Å². The highest BCUT2D eigenvalue weighted by Crippen LogP contribution is 2.13. The van der Waals surface area contributed by atoms with E-state index in [0.717, 1.165) is 25.9 Å². The second kappa shape index (κ2) is 12.5. The summed E-state index contributed by atoms with van der Waals surface area (Å²) < 4.78 is 26.8. The largest absolute Gasteiger partial charge is 0.339 e. The van der Waals surface area contributed by atoms with Crippen molar-refractivity contribution in [2.75, 3.05) is 60.9 Å². The molecule has 0 aliphatic carbocycles. The Bertz CT molecular complexity index is 756. The third-order valence-corrected chi connectivity index (χ3v) is 5.77. The van der Waals surface area contributed by atoms with Crippen molar-refractivity contribution in [3.05, 3.63) is 29.8 Å². The van der Waals surface area contributed by atoms with Crippen molar-refractivity contribution in [2.24, 2.45) is 0 Å². The molecule has 0 saturated heterocycles. The second-order valence-electron chi connectivity index (χ2n) is 7.44. The standard InChI is InChI=1S/C20H33N5O3S/c1-23(2)14-6-16-25(17-7-15-24(3)4)20(26)18-8-10-19(11-9-18)29(27,28)22-13-5-12-21/h8-11,22H,5-7,13-17H2,1-4H3. The molecule has 9 heteroatoms. The smallest absolute Gasteiger partial charge is 0.253 e. The molecule has 0 fully saturated rings. The number of benzene rings is 1. The van der Waals surface area contributed by atoms with Crippen LogP contribution in [0.5, 0.6) is 0 Å². The third kappa shape index (κ3) is 9.37. The first-order chi connectivity index (χ1) is 13.7. The summed E-state index contributed by atoms with van der Waals surface area (Å²) in [5.41, 5.74) is 0.468. The normalized spacial score (nSPS) is 11.6. The fourth-order valence-electron chi connectivity index (χ4n) is 2.75. The van der Waals surface area contributed by atoms with Crippen molar-refractivity contribution >= 4 is 15.9 Å². The van der Waals surface area contributed by atoms with Gasteiger partial charge in [-0.05, 0) is 78.4 Å². The Kier molecular flexibility index (Phi) is 10.8. The zero-order valence-electron chi connectivity index (χ0n) is 17.9. The van der Waals surface area contributed by atoms with Gasteiger partial charge in [-0.1, -0.05) is 0 Å². The Balaban J connectivity index is 2.84. The first-order valence-corrected chi connectivity index (χ1v) is 11.2. The van der Waals surface area contributed by atoms with E-state index in [4.69, 9.17) is 5.26 Å². The number of sulfonamides is 1. The van der Waals surface area contributed by atoms with E-state index < -0.39 is 10.0 Å². The molecule has 1 N–H and O–H groups in total. The molecule has 0 spiro atoms. The van der Waals surface area contributed by atoms with Crippen LogP contribution >= 0.6 is 0 Å². The number of nitrogens with zero attached hydrogens (tertiary/aromatic N) is 4. The van der Waals surface area contributed by atoms with Gasteiger partial charge in [0, 0.05) is 31.6 Å². The Labute approximate surface area is 175 Å². The van der Waals surface area contributed by atoms with Crippen molar-refractivity contribution in [1.82, 2.24) is 19.4 Å². The van der Waals surface area contributed by atoms with Gasteiger partial charge in [-0.15, -0.1) is 0 Å². The fraction of sp³-hybridized carbons (Fsp3) is 0.600. The number of nitriles is 1. The van der Waals surface area contributed by atoms with Crippen LogP contribution in [-0.4, -0.2) is 89.9 Å². The molecule has 0 aliphatic heterocycles. The van der Waals surface area contributed by atoms with Gasteiger partial charge in [0.1, 0.15) is 0 Å². The van der Waals surface area contributed by atoms with E-state index in [2.05, 4.69) is 14.5 Å². The Hall–Kier alpha value is -1.99. The highest BCUT2D eigenvalue weighted by atomic mass is 32.2. The third-order valence-electron chi connectivity index (χ3n) is 4.29. The first-order valence-electron chi connectivity index (χ1n) is 9.73. The lowest BCUT2D eigenvalue weighted by molar-refractivity contribution is 0.0744. The molecule has 0 saturated carbocycles. The van der Waals surface area contributed by atoms with Crippen molar-refractivity contribution in [3.63, 3.8) is 0 Å². The summed E-state index contributed by atoms with van der Waals surface area (Å²) in [6.07, 6.45) is 1.84. The van der Waals surface area contributed by atoms with E-state index in [9.17, 15) is 13.2 Å². The SMILES string of the molecule is CN(C)CCCN(CCCN(C)C)C(=O)c1ccc(S(=O)(=O)NCCC#N)cc1. The lowest BCUT2D eigenvalue weighted by atomic mass is 10.2. The fourth-order valence-corrected chi connectivity index (χ4v) is 3.79. The number of carbonyl (C=O) groups is 1. The van der Waals surface area contributed by atoms with Gasteiger partial charge in [-0.3, -0.25) is 4.79 Å². The van der Waals surface area contributed by atoms with Crippen molar-refractivity contribution in [3.8, 4) is 6.07 Å². The molecule has 29 heavy (non-hydrogen) atoms. The Morgan fingerprint density at radius 2 is 1.48 bits per heavy atom. The van der Waals surface area contributed by atoms with Crippen LogP contribution in [0.25, 0.3) is 0 Å². The van der Waals surface area contributed by atoms with Gasteiger partial charge >= 0.3 is 0 Å². The molecular formula is C20H33N5O3S. The molecule has 162 valence electrons. The lowest BCUT2D eigenvalue weighted by Crippen LogP contribution is -2.35. The zero-order chi connectivity index (χ0) is 21.9. The van der Waals surface area contributed by atoms with E-state index in [0.29, 0.717) is 18.7 Å². The predicted octanol–water partition coefficient (Wildman–Crippen LogP) is 1.22. The maximum atomic E-state index is 13.0. The minimum Gasteiger partial charge on any atom is -0.339 e. The van der Waals surface area contributed by atoms with Gasteiger partial charge < -0.3 is 14.7 Å². The lowest BCUT2D eigenvalue weighted by Gasteiger charge is -2.24. The van der Waals surface area contributed by atoms with Crippen LogP contribution in [0.1, 0.15) is 29.6 Å². The molecule has 0 radical (unpaired) electrons. The average molecular weight is 424 g/mol. The molecular weight excluding hydrogens is 390 g/mol. The molecule has 0 heterocycles. The van der Waals surface area contributed by atoms with Gasteiger partial charge in [-0.25, -0.2) is 13.1 Å². The number of hydrogen-bond donors (Lipinski definition) is 1. The van der Waals surface area contributed by atoms with Crippen LogP contribution in [0.3, 0.4) is 0 Å².